The van der Waals surface area contributed by atoms with Crippen molar-refractivity contribution in [1.82, 2.24) is 20.5 Å². The van der Waals surface area contributed by atoms with E-state index >= 15 is 0 Å². The number of carbonyl (C=O) groups is 4. The first-order valence-electron chi connectivity index (χ1n) is 18.4. The fourth-order valence-electron chi connectivity index (χ4n) is 8.84. The molecule has 50 heavy (non-hydrogen) atoms. The molecular formula is C40H50N6O4. The van der Waals surface area contributed by atoms with E-state index in [-0.39, 0.29) is 29.7 Å². The van der Waals surface area contributed by atoms with Gasteiger partial charge in [-0.3, -0.25) is 29.0 Å². The molecular weight excluding hydrogens is 628 g/mol. The lowest BCUT2D eigenvalue weighted by atomic mass is 9.79. The highest BCUT2D eigenvalue weighted by atomic mass is 16.2. The molecule has 7 rings (SSSR count). The topological polar surface area (TPSA) is 141 Å². The molecule has 3 heterocycles. The van der Waals surface area contributed by atoms with Gasteiger partial charge < -0.3 is 21.4 Å². The first kappa shape index (κ1) is 34.0. The third-order valence-electron chi connectivity index (χ3n) is 11.6. The van der Waals surface area contributed by atoms with Crippen LogP contribution in [0.1, 0.15) is 75.5 Å². The minimum absolute atomic E-state index is 0.177. The molecule has 2 aliphatic heterocycles. The number of likely N-dealkylation sites (N-methyl/N-ethyl adjacent to an activating group) is 1. The van der Waals surface area contributed by atoms with Crippen LogP contribution in [0.15, 0.2) is 54.7 Å². The van der Waals surface area contributed by atoms with Crippen LogP contribution in [0.3, 0.4) is 0 Å². The predicted molar refractivity (Wildman–Crippen MR) is 195 cm³/mol. The SMILES string of the molecule is CC(C)[C@H](NC(=O)[C@H](CCC1CCCCC1)NC(=O)[C@@H]1C=C2c3cccc4[nH]cc(c34)C[C@H]2N(C)C1)C(=O)N1c2ccccc2C[C@H]1C(N)=O. The van der Waals surface area contributed by atoms with Crippen molar-refractivity contribution in [2.45, 2.75) is 95.8 Å². The fourth-order valence-corrected chi connectivity index (χ4v) is 8.84. The molecule has 2 aromatic carbocycles. The molecule has 2 aliphatic carbocycles. The van der Waals surface area contributed by atoms with E-state index in [1.807, 2.05) is 38.1 Å². The molecule has 0 saturated heterocycles. The Bertz CT molecular complexity index is 1820. The van der Waals surface area contributed by atoms with E-state index in [2.05, 4.69) is 58.0 Å². The molecule has 264 valence electrons. The molecule has 0 spiro atoms. The molecule has 0 radical (unpaired) electrons. The van der Waals surface area contributed by atoms with Crippen molar-refractivity contribution in [3.63, 3.8) is 0 Å². The first-order chi connectivity index (χ1) is 24.1. The van der Waals surface area contributed by atoms with E-state index in [0.29, 0.717) is 31.0 Å². The molecule has 10 nitrogen and oxygen atoms in total. The molecule has 0 bridgehead atoms. The summed E-state index contributed by atoms with van der Waals surface area (Å²) >= 11 is 0. The number of nitrogens with two attached hydrogens (primary N) is 1. The zero-order valence-electron chi connectivity index (χ0n) is 29.4. The lowest BCUT2D eigenvalue weighted by Crippen LogP contribution is -2.59. The van der Waals surface area contributed by atoms with Gasteiger partial charge in [0.1, 0.15) is 18.1 Å². The molecule has 1 fully saturated rings. The average molecular weight is 679 g/mol. The molecule has 5 N–H and O–H groups in total. The Balaban J connectivity index is 1.13. The lowest BCUT2D eigenvalue weighted by molar-refractivity contribution is -0.133. The number of nitrogens with one attached hydrogen (secondary N) is 3. The highest BCUT2D eigenvalue weighted by Gasteiger charge is 2.42. The second-order valence-corrected chi connectivity index (χ2v) is 15.3. The standard InChI is InChI=1S/C40H50N6O4/c1-23(2)36(40(50)46-32-15-8-7-12-25(32)19-34(46)37(41)47)44-39(49)31(17-16-24-10-5-4-6-11-24)43-38(48)27-18-29-28-13-9-14-30-35(28)26(21-42-30)20-33(29)45(3)22-27/h7-9,12-15,18,21,23-24,27,31,33-34,36,42H,4-6,10-11,16-17,19-20,22H2,1-3H3,(H2,41,47)(H,43,48)(H,44,49)/t27-,31+,33-,34+,36+/m1/s1. The number of primary amides is 1. The summed E-state index contributed by atoms with van der Waals surface area (Å²) in [4.78, 5) is 62.2. The normalized spacial score (nSPS) is 23.2. The summed E-state index contributed by atoms with van der Waals surface area (Å²) in [5.74, 6) is -1.73. The number of amides is 4. The summed E-state index contributed by atoms with van der Waals surface area (Å²) in [5, 5.41) is 7.40. The Hall–Kier alpha value is -4.44. The number of aromatic amines is 1. The van der Waals surface area contributed by atoms with Crippen LogP contribution >= 0.6 is 0 Å². The van der Waals surface area contributed by atoms with E-state index in [4.69, 9.17) is 5.73 Å². The van der Waals surface area contributed by atoms with Crippen molar-refractivity contribution in [1.29, 1.82) is 0 Å². The van der Waals surface area contributed by atoms with E-state index in [9.17, 15) is 19.2 Å². The number of hydrogen-bond acceptors (Lipinski definition) is 5. The molecule has 5 atom stereocenters. The zero-order chi connectivity index (χ0) is 35.1. The number of nitrogens with zero attached hydrogens (tertiary/aromatic N) is 2. The van der Waals surface area contributed by atoms with E-state index in [1.54, 1.807) is 0 Å². The number of fused-ring (bicyclic) bond motifs is 3. The molecule has 10 heteroatoms. The third kappa shape index (κ3) is 6.45. The van der Waals surface area contributed by atoms with Crippen LogP contribution < -0.4 is 21.3 Å². The van der Waals surface area contributed by atoms with E-state index < -0.39 is 30.0 Å². The molecule has 4 amide bonds. The van der Waals surface area contributed by atoms with Gasteiger partial charge in [-0.1, -0.05) is 82.4 Å². The number of benzene rings is 2. The van der Waals surface area contributed by atoms with Gasteiger partial charge in [-0.05, 0) is 72.5 Å². The number of rotatable bonds is 10. The van der Waals surface area contributed by atoms with Crippen LogP contribution in [-0.2, 0) is 32.0 Å². The number of anilines is 1. The minimum atomic E-state index is -0.911. The van der Waals surface area contributed by atoms with Gasteiger partial charge in [0.05, 0.1) is 5.92 Å². The highest BCUT2D eigenvalue weighted by Crippen LogP contribution is 2.41. The van der Waals surface area contributed by atoms with Crippen LogP contribution in [0.5, 0.6) is 0 Å². The fraction of sp³-hybridized carbons (Fsp3) is 0.500. The third-order valence-corrected chi connectivity index (χ3v) is 11.6. The van der Waals surface area contributed by atoms with Gasteiger partial charge in [-0.2, -0.15) is 0 Å². The summed E-state index contributed by atoms with van der Waals surface area (Å²) in [5.41, 5.74) is 12.0. The molecule has 0 unspecified atom stereocenters. The maximum atomic E-state index is 14.2. The Morgan fingerprint density at radius 1 is 0.960 bits per heavy atom. The van der Waals surface area contributed by atoms with Crippen molar-refractivity contribution in [3.05, 3.63) is 71.4 Å². The van der Waals surface area contributed by atoms with Crippen molar-refractivity contribution in [3.8, 4) is 0 Å². The van der Waals surface area contributed by atoms with Crippen molar-refractivity contribution >= 4 is 45.8 Å². The largest absolute Gasteiger partial charge is 0.368 e. The summed E-state index contributed by atoms with van der Waals surface area (Å²) < 4.78 is 0. The van der Waals surface area contributed by atoms with Gasteiger partial charge in [-0.25, -0.2) is 0 Å². The Morgan fingerprint density at radius 3 is 2.50 bits per heavy atom. The average Bonchev–Trinajstić information content (AvgIpc) is 3.72. The van der Waals surface area contributed by atoms with Gasteiger partial charge >= 0.3 is 0 Å². The monoisotopic (exact) mass is 678 g/mol. The van der Waals surface area contributed by atoms with E-state index in [0.717, 1.165) is 47.9 Å². The second-order valence-electron chi connectivity index (χ2n) is 15.3. The second kappa shape index (κ2) is 14.1. The van der Waals surface area contributed by atoms with Crippen molar-refractivity contribution < 1.29 is 19.2 Å². The maximum absolute atomic E-state index is 14.2. The van der Waals surface area contributed by atoms with E-state index in [1.165, 1.54) is 35.1 Å². The van der Waals surface area contributed by atoms with Crippen LogP contribution in [0, 0.1) is 17.8 Å². The van der Waals surface area contributed by atoms with Crippen LogP contribution in [-0.4, -0.2) is 71.3 Å². The molecule has 3 aromatic rings. The Morgan fingerprint density at radius 2 is 1.74 bits per heavy atom. The van der Waals surface area contributed by atoms with Crippen molar-refractivity contribution in [2.24, 2.45) is 23.5 Å². The van der Waals surface area contributed by atoms with Gasteiger partial charge in [-0.15, -0.1) is 0 Å². The van der Waals surface area contributed by atoms with Gasteiger partial charge in [0.25, 0.3) is 5.91 Å². The summed E-state index contributed by atoms with van der Waals surface area (Å²) in [6.45, 7) is 4.30. The van der Waals surface area contributed by atoms with Crippen LogP contribution in [0.2, 0.25) is 0 Å². The molecule has 4 aliphatic rings. The van der Waals surface area contributed by atoms with Gasteiger partial charge in [0.15, 0.2) is 0 Å². The quantitative estimate of drug-likeness (QED) is 0.251. The Kier molecular flexibility index (Phi) is 9.57. The Labute approximate surface area is 294 Å². The summed E-state index contributed by atoms with van der Waals surface area (Å²) in [6.07, 6.45) is 12.6. The number of hydrogen-bond donors (Lipinski definition) is 4. The highest BCUT2D eigenvalue weighted by molar-refractivity contribution is 6.07. The van der Waals surface area contributed by atoms with Gasteiger partial charge in [0, 0.05) is 41.8 Å². The minimum Gasteiger partial charge on any atom is -0.368 e. The summed E-state index contributed by atoms with van der Waals surface area (Å²) in [6, 6.07) is 11.3. The smallest absolute Gasteiger partial charge is 0.250 e. The van der Waals surface area contributed by atoms with Crippen LogP contribution in [0.4, 0.5) is 5.69 Å². The lowest BCUT2D eigenvalue weighted by Gasteiger charge is -2.39. The number of H-pyrrole nitrogens is 1. The van der Waals surface area contributed by atoms with Crippen molar-refractivity contribution in [2.75, 3.05) is 18.5 Å². The molecule has 1 aromatic heterocycles. The zero-order valence-corrected chi connectivity index (χ0v) is 29.4. The number of para-hydroxylation sites is 1. The predicted octanol–water partition coefficient (Wildman–Crippen LogP) is 4.47. The number of carbonyl (C=O) groups excluding carboxylic acids is 4. The van der Waals surface area contributed by atoms with Gasteiger partial charge in [0.2, 0.25) is 17.7 Å². The number of aromatic nitrogens is 1. The first-order valence-corrected chi connectivity index (χ1v) is 18.4. The molecule has 1 saturated carbocycles. The maximum Gasteiger partial charge on any atom is 0.250 e. The van der Waals surface area contributed by atoms with Crippen LogP contribution in [0.25, 0.3) is 16.5 Å². The summed E-state index contributed by atoms with van der Waals surface area (Å²) in [7, 11) is 2.07.